The predicted molar refractivity (Wildman–Crippen MR) is 31.9 cm³/mol. The van der Waals surface area contributed by atoms with Crippen molar-refractivity contribution in [2.24, 2.45) is 0 Å². The molecule has 0 saturated carbocycles. The Bertz CT molecular complexity index is 25.3. The molecule has 2 N–H and O–H groups in total. The summed E-state index contributed by atoms with van der Waals surface area (Å²) in [6.45, 7) is 3.08. The quantitative estimate of drug-likeness (QED) is 0.486. The van der Waals surface area contributed by atoms with Gasteiger partial charge < -0.3 is 10.6 Å². The van der Waals surface area contributed by atoms with E-state index in [1.54, 1.807) is 0 Å². The van der Waals surface area contributed by atoms with Crippen molar-refractivity contribution >= 4 is 0 Å². The van der Waals surface area contributed by atoms with Crippen molar-refractivity contribution in [2.75, 3.05) is 20.6 Å². The van der Waals surface area contributed by atoms with Crippen LogP contribution in [-0.2, 0) is 0 Å². The molecule has 0 spiro atoms. The van der Waals surface area contributed by atoms with E-state index in [-0.39, 0.29) is 0 Å². The summed E-state index contributed by atoms with van der Waals surface area (Å²) in [5.41, 5.74) is 0. The molecule has 2 heteroatoms. The second-order valence-electron chi connectivity index (χ2n) is 1.39. The zero-order chi connectivity index (χ0) is 5.54. The fourth-order valence-electron chi connectivity index (χ4n) is 0.361. The molecule has 0 aliphatic heterocycles. The third kappa shape index (κ3) is 5.92. The molecule has 0 saturated heterocycles. The van der Waals surface area contributed by atoms with Crippen molar-refractivity contribution < 1.29 is 0 Å². The van der Waals surface area contributed by atoms with E-state index in [1.165, 1.54) is 0 Å². The van der Waals surface area contributed by atoms with Crippen LogP contribution in [0.15, 0.2) is 0 Å². The van der Waals surface area contributed by atoms with Gasteiger partial charge in [-0.1, -0.05) is 0 Å². The molecule has 0 amide bonds. The molecule has 0 aliphatic carbocycles. The van der Waals surface area contributed by atoms with Crippen LogP contribution in [0.3, 0.4) is 0 Å². The van der Waals surface area contributed by atoms with Gasteiger partial charge in [0.25, 0.3) is 0 Å². The van der Waals surface area contributed by atoms with Crippen molar-refractivity contribution in [1.29, 1.82) is 0 Å². The summed E-state index contributed by atoms with van der Waals surface area (Å²) in [5.74, 6) is 0. The van der Waals surface area contributed by atoms with Crippen LogP contribution in [0.5, 0.6) is 0 Å². The molecular weight excluding hydrogens is 88.1 g/mol. The fraction of sp³-hybridized carbons (Fsp3) is 0.800. The molecule has 0 rings (SSSR count). The predicted octanol–water partition coefficient (Wildman–Crippen LogP) is -0.0229. The molecule has 0 aliphatic rings. The van der Waals surface area contributed by atoms with E-state index in [0.717, 1.165) is 13.0 Å². The first-order valence-electron chi connectivity index (χ1n) is 2.55. The van der Waals surface area contributed by atoms with Crippen LogP contribution in [0, 0.1) is 6.54 Å². The highest BCUT2D eigenvalue weighted by Crippen LogP contribution is 1.74. The largest absolute Gasteiger partial charge is 0.320 e. The summed E-state index contributed by atoms with van der Waals surface area (Å²) in [6.07, 6.45) is 1.09. The molecule has 7 heavy (non-hydrogen) atoms. The van der Waals surface area contributed by atoms with Crippen LogP contribution in [0.1, 0.15) is 6.42 Å². The van der Waals surface area contributed by atoms with Crippen molar-refractivity contribution in [3.8, 4) is 0 Å². The summed E-state index contributed by atoms with van der Waals surface area (Å²) in [4.78, 5) is 0. The zero-order valence-corrected chi connectivity index (χ0v) is 4.99. The minimum atomic E-state index is 1.06. The summed E-state index contributed by atoms with van der Waals surface area (Å²) in [5, 5.41) is 5.97. The van der Waals surface area contributed by atoms with E-state index in [9.17, 15) is 0 Å². The Balaban J connectivity index is 2.45. The van der Waals surface area contributed by atoms with E-state index < -0.39 is 0 Å². The lowest BCUT2D eigenvalue weighted by molar-refractivity contribution is 0.742. The van der Waals surface area contributed by atoms with Crippen LogP contribution in [0.4, 0.5) is 0 Å². The van der Waals surface area contributed by atoms with Crippen molar-refractivity contribution in [3.05, 3.63) is 6.54 Å². The molecule has 0 bridgehead atoms. The third-order valence-electron chi connectivity index (χ3n) is 0.743. The van der Waals surface area contributed by atoms with Gasteiger partial charge in [-0.2, -0.15) is 0 Å². The average molecular weight is 101 g/mol. The van der Waals surface area contributed by atoms with Crippen LogP contribution >= 0.6 is 0 Å². The summed E-state index contributed by atoms with van der Waals surface area (Å²) in [6, 6.07) is 0. The first-order valence-corrected chi connectivity index (χ1v) is 2.55. The SMILES string of the molecule is CN[CH]CCNC. The van der Waals surface area contributed by atoms with Gasteiger partial charge in [-0.3, -0.25) is 0 Å². The Morgan fingerprint density at radius 1 is 1.43 bits per heavy atom. The van der Waals surface area contributed by atoms with E-state index >= 15 is 0 Å². The Labute approximate surface area is 45.3 Å². The second kappa shape index (κ2) is 5.92. The number of nitrogens with one attached hydrogen (secondary N) is 2. The van der Waals surface area contributed by atoms with E-state index in [2.05, 4.69) is 10.6 Å². The van der Waals surface area contributed by atoms with Crippen molar-refractivity contribution in [2.45, 2.75) is 6.42 Å². The van der Waals surface area contributed by atoms with Gasteiger partial charge in [0.05, 0.1) is 0 Å². The first-order chi connectivity index (χ1) is 3.41. The normalized spacial score (nSPS) is 9.43. The van der Waals surface area contributed by atoms with E-state index in [1.807, 2.05) is 20.6 Å². The standard InChI is InChI=1S/C5H13N2/c1-6-4-3-5-7-2/h4,6-7H,3,5H2,1-2H3. The van der Waals surface area contributed by atoms with Gasteiger partial charge in [-0.05, 0) is 27.1 Å². The molecule has 0 unspecified atom stereocenters. The van der Waals surface area contributed by atoms with Crippen molar-refractivity contribution in [3.63, 3.8) is 0 Å². The van der Waals surface area contributed by atoms with E-state index in [4.69, 9.17) is 0 Å². The molecule has 0 heterocycles. The number of hydrogen-bond donors (Lipinski definition) is 2. The highest BCUT2D eigenvalue weighted by Gasteiger charge is 1.78. The molecule has 43 valence electrons. The van der Waals surface area contributed by atoms with Gasteiger partial charge in [0, 0.05) is 6.54 Å². The number of hydrogen-bond acceptors (Lipinski definition) is 2. The highest BCUT2D eigenvalue weighted by molar-refractivity contribution is 4.57. The lowest BCUT2D eigenvalue weighted by atomic mass is 10.4. The monoisotopic (exact) mass is 101 g/mol. The maximum absolute atomic E-state index is 3.03. The molecule has 0 aromatic carbocycles. The molecule has 0 fully saturated rings. The summed E-state index contributed by atoms with van der Waals surface area (Å²) in [7, 11) is 3.86. The molecule has 0 aromatic rings. The highest BCUT2D eigenvalue weighted by atomic mass is 14.8. The molecule has 2 nitrogen and oxygen atoms in total. The molecule has 0 atom stereocenters. The minimum Gasteiger partial charge on any atom is -0.320 e. The van der Waals surface area contributed by atoms with Crippen LogP contribution in [0.25, 0.3) is 0 Å². The molecule has 0 aromatic heterocycles. The van der Waals surface area contributed by atoms with Gasteiger partial charge in [-0.15, -0.1) is 0 Å². The Morgan fingerprint density at radius 3 is 2.57 bits per heavy atom. The topological polar surface area (TPSA) is 24.1 Å². The average Bonchev–Trinajstić information content (AvgIpc) is 1.69. The van der Waals surface area contributed by atoms with Gasteiger partial charge in [0.2, 0.25) is 0 Å². The second-order valence-corrected chi connectivity index (χ2v) is 1.39. The lowest BCUT2D eigenvalue weighted by Gasteiger charge is -1.94. The van der Waals surface area contributed by atoms with Crippen LogP contribution in [0.2, 0.25) is 0 Å². The smallest absolute Gasteiger partial charge is 0.0230 e. The van der Waals surface area contributed by atoms with Gasteiger partial charge in [0.1, 0.15) is 0 Å². The minimum absolute atomic E-state index is 1.06. The third-order valence-corrected chi connectivity index (χ3v) is 0.743. The maximum atomic E-state index is 3.03. The molecule has 1 radical (unpaired) electrons. The Hall–Kier alpha value is -0.0800. The summed E-state index contributed by atoms with van der Waals surface area (Å²) >= 11 is 0. The first kappa shape index (κ1) is 6.92. The zero-order valence-electron chi connectivity index (χ0n) is 4.99. The van der Waals surface area contributed by atoms with Gasteiger partial charge >= 0.3 is 0 Å². The lowest BCUT2D eigenvalue weighted by Crippen LogP contribution is -2.11. The Morgan fingerprint density at radius 2 is 2.14 bits per heavy atom. The van der Waals surface area contributed by atoms with Crippen LogP contribution in [-0.4, -0.2) is 20.6 Å². The van der Waals surface area contributed by atoms with Gasteiger partial charge in [0.15, 0.2) is 0 Å². The van der Waals surface area contributed by atoms with E-state index in [0.29, 0.717) is 0 Å². The maximum Gasteiger partial charge on any atom is 0.0230 e. The fourth-order valence-corrected chi connectivity index (χ4v) is 0.361. The number of rotatable bonds is 4. The van der Waals surface area contributed by atoms with Crippen molar-refractivity contribution in [1.82, 2.24) is 10.6 Å². The van der Waals surface area contributed by atoms with Gasteiger partial charge in [-0.25, -0.2) is 0 Å². The summed E-state index contributed by atoms with van der Waals surface area (Å²) < 4.78 is 0. The Kier molecular flexibility index (Phi) is 5.85. The van der Waals surface area contributed by atoms with Crippen LogP contribution < -0.4 is 10.6 Å². The molecular formula is C5H13N2.